The summed E-state index contributed by atoms with van der Waals surface area (Å²) in [6, 6.07) is 10.4. The summed E-state index contributed by atoms with van der Waals surface area (Å²) in [5.41, 5.74) is 6.96. The number of terminal acetylenes is 1. The van der Waals surface area contributed by atoms with Crippen molar-refractivity contribution in [3.05, 3.63) is 61.8 Å². The van der Waals surface area contributed by atoms with Gasteiger partial charge in [-0.1, -0.05) is 57.7 Å². The van der Waals surface area contributed by atoms with E-state index >= 15 is 0 Å². The molecule has 3 heteroatoms. The van der Waals surface area contributed by atoms with Crippen molar-refractivity contribution in [2.75, 3.05) is 13.1 Å². The molecular weight excluding hydrogens is 294 g/mol. The second-order valence-electron chi connectivity index (χ2n) is 4.22. The number of rotatable bonds is 8. The third-order valence-corrected chi connectivity index (χ3v) is 2.77. The van der Waals surface area contributed by atoms with Crippen LogP contribution in [0.4, 0.5) is 0 Å². The van der Waals surface area contributed by atoms with Crippen molar-refractivity contribution in [3.8, 4) is 12.8 Å². The zero-order valence-electron chi connectivity index (χ0n) is 15.7. The summed E-state index contributed by atoms with van der Waals surface area (Å²) in [7, 11) is 0. The molecule has 0 bridgehead atoms. The summed E-state index contributed by atoms with van der Waals surface area (Å²) in [5.74, 6) is 0.739. The van der Waals surface area contributed by atoms with E-state index in [0.29, 0.717) is 0 Å². The highest BCUT2D eigenvalue weighted by Crippen LogP contribution is 2.05. The predicted molar refractivity (Wildman–Crippen MR) is 111 cm³/mol. The largest absolute Gasteiger partial charge is 0.387 e. The lowest BCUT2D eigenvalue weighted by atomic mass is 10.2. The van der Waals surface area contributed by atoms with E-state index in [1.165, 1.54) is 5.56 Å². The van der Waals surface area contributed by atoms with Crippen molar-refractivity contribution < 1.29 is 0 Å². The van der Waals surface area contributed by atoms with Crippen LogP contribution in [0.3, 0.4) is 0 Å². The maximum atomic E-state index is 5.66. The van der Waals surface area contributed by atoms with Crippen LogP contribution in [-0.4, -0.2) is 23.8 Å². The van der Waals surface area contributed by atoms with Crippen LogP contribution in [0.5, 0.6) is 0 Å². The average molecular weight is 330 g/mol. The van der Waals surface area contributed by atoms with Gasteiger partial charge >= 0.3 is 0 Å². The number of amidine groups is 1. The fourth-order valence-electron chi connectivity index (χ4n) is 1.66. The lowest BCUT2D eigenvalue weighted by Gasteiger charge is -2.19. The van der Waals surface area contributed by atoms with Crippen molar-refractivity contribution in [2.45, 2.75) is 40.2 Å². The van der Waals surface area contributed by atoms with Gasteiger partial charge in [0.15, 0.2) is 0 Å². The van der Waals surface area contributed by atoms with Gasteiger partial charge in [-0.3, -0.25) is 4.99 Å². The van der Waals surface area contributed by atoms with Gasteiger partial charge in [0.25, 0.3) is 0 Å². The first-order valence-electron chi connectivity index (χ1n) is 8.29. The highest BCUT2D eigenvalue weighted by Gasteiger charge is 1.99. The molecule has 0 amide bonds. The second kappa shape index (κ2) is 22.8. The second-order valence-corrected chi connectivity index (χ2v) is 4.22. The molecule has 1 aromatic rings. The summed E-state index contributed by atoms with van der Waals surface area (Å²) < 4.78 is 0. The van der Waals surface area contributed by atoms with Crippen molar-refractivity contribution in [2.24, 2.45) is 10.7 Å². The molecule has 0 aromatic heterocycles. The number of nitrogens with zero attached hydrogens (tertiary/aromatic N) is 2. The zero-order chi connectivity index (χ0) is 19.2. The monoisotopic (exact) mass is 329 g/mol. The number of benzene rings is 1. The summed E-state index contributed by atoms with van der Waals surface area (Å²) in [6.45, 7) is 18.5. The van der Waals surface area contributed by atoms with Crippen LogP contribution < -0.4 is 5.73 Å². The van der Waals surface area contributed by atoms with Gasteiger partial charge in [-0.2, -0.15) is 0 Å². The molecule has 0 spiro atoms. The summed E-state index contributed by atoms with van der Waals surface area (Å²) in [4.78, 5) is 6.49. The van der Waals surface area contributed by atoms with E-state index in [9.17, 15) is 0 Å². The Labute approximate surface area is 150 Å². The Balaban J connectivity index is -0.000000659. The van der Waals surface area contributed by atoms with Crippen LogP contribution in [-0.2, 0) is 6.54 Å². The quantitative estimate of drug-likeness (QED) is 0.243. The lowest BCUT2D eigenvalue weighted by molar-refractivity contribution is 0.366. The molecule has 3 nitrogen and oxygen atoms in total. The van der Waals surface area contributed by atoms with Gasteiger partial charge in [-0.25, -0.2) is 0 Å². The highest BCUT2D eigenvalue weighted by molar-refractivity contribution is 5.79. The zero-order valence-corrected chi connectivity index (χ0v) is 15.7. The minimum atomic E-state index is 0.739. The Kier molecular flexibility index (Phi) is 25.1. The molecule has 0 saturated carbocycles. The van der Waals surface area contributed by atoms with E-state index in [0.717, 1.165) is 38.3 Å². The minimum absolute atomic E-state index is 0.739. The van der Waals surface area contributed by atoms with Crippen LogP contribution in [0.2, 0.25) is 0 Å². The topological polar surface area (TPSA) is 41.6 Å². The molecule has 0 unspecified atom stereocenters. The number of nitrogens with two attached hydrogens (primary N) is 1. The molecule has 0 radical (unpaired) electrons. The van der Waals surface area contributed by atoms with Crippen LogP contribution in [0.1, 0.15) is 39.2 Å². The van der Waals surface area contributed by atoms with Crippen molar-refractivity contribution >= 4 is 5.84 Å². The average Bonchev–Trinajstić information content (AvgIpc) is 2.69. The van der Waals surface area contributed by atoms with Crippen molar-refractivity contribution in [1.29, 1.82) is 0 Å². The van der Waals surface area contributed by atoms with Crippen LogP contribution in [0, 0.1) is 12.8 Å². The van der Waals surface area contributed by atoms with Gasteiger partial charge in [-0.15, -0.1) is 26.0 Å². The summed E-state index contributed by atoms with van der Waals surface area (Å²) >= 11 is 0. The van der Waals surface area contributed by atoms with Crippen molar-refractivity contribution in [3.63, 3.8) is 0 Å². The maximum Gasteiger partial charge on any atom is 0.0934 e. The third-order valence-electron chi connectivity index (χ3n) is 2.77. The van der Waals surface area contributed by atoms with Gasteiger partial charge in [0, 0.05) is 26.1 Å². The van der Waals surface area contributed by atoms with Gasteiger partial charge in [0.1, 0.15) is 0 Å². The predicted octanol–water partition coefficient (Wildman–Crippen LogP) is 4.87. The Hall–Kier alpha value is -2.47. The lowest BCUT2D eigenvalue weighted by Crippen LogP contribution is -2.19. The molecule has 0 heterocycles. The molecule has 1 aromatic carbocycles. The molecule has 2 N–H and O–H groups in total. The first kappa shape index (κ1) is 26.4. The van der Waals surface area contributed by atoms with Gasteiger partial charge in [0.2, 0.25) is 0 Å². The van der Waals surface area contributed by atoms with E-state index in [-0.39, 0.29) is 0 Å². The molecule has 134 valence electrons. The van der Waals surface area contributed by atoms with Crippen LogP contribution in [0.25, 0.3) is 0 Å². The van der Waals surface area contributed by atoms with Crippen molar-refractivity contribution in [1.82, 2.24) is 4.90 Å². The first-order valence-corrected chi connectivity index (χ1v) is 8.29. The van der Waals surface area contributed by atoms with E-state index in [4.69, 9.17) is 5.73 Å². The van der Waals surface area contributed by atoms with Gasteiger partial charge in [-0.05, 0) is 18.2 Å². The first-order chi connectivity index (χ1) is 11.8. The van der Waals surface area contributed by atoms with Crippen LogP contribution >= 0.6 is 0 Å². The molecule has 24 heavy (non-hydrogen) atoms. The molecule has 0 atom stereocenters. The number of hydrogen-bond donors (Lipinski definition) is 1. The van der Waals surface area contributed by atoms with E-state index in [1.54, 1.807) is 0 Å². The molecule has 0 fully saturated rings. The van der Waals surface area contributed by atoms with Gasteiger partial charge < -0.3 is 10.6 Å². The maximum absolute atomic E-state index is 5.66. The summed E-state index contributed by atoms with van der Waals surface area (Å²) in [5, 5.41) is 0. The Bertz CT molecular complexity index is 421. The van der Waals surface area contributed by atoms with E-state index < -0.39 is 0 Å². The van der Waals surface area contributed by atoms with E-state index in [1.807, 2.05) is 33.0 Å². The Morgan fingerprint density at radius 1 is 1.21 bits per heavy atom. The Morgan fingerprint density at radius 2 is 1.75 bits per heavy atom. The van der Waals surface area contributed by atoms with E-state index in [2.05, 4.69) is 66.7 Å². The standard InChI is InChI=1S/C15H23N3.C2H6.C2H4.C2H2/c1-3-15(16)17-11-8-12-18(4-2)13-14-9-6-5-7-10-14;3*1-2/h4-7,9-10H,2-3,8,11-13H2,1H3,(H2,16,17);1-2H3;1-2H2;1-2H. The normalized spacial score (nSPS) is 8.96. The fourth-order valence-corrected chi connectivity index (χ4v) is 1.66. The number of aliphatic imine (C=N–C) groups is 1. The molecule has 0 aliphatic carbocycles. The SMILES string of the molecule is C#C.C=C.C=CN(CCCN=C(N)CC)Cc1ccccc1.CC. The summed E-state index contributed by atoms with van der Waals surface area (Å²) in [6.07, 6.45) is 11.7. The van der Waals surface area contributed by atoms with Crippen LogP contribution in [0.15, 0.2) is 61.3 Å². The highest BCUT2D eigenvalue weighted by atomic mass is 15.1. The molecule has 0 saturated heterocycles. The number of hydrogen-bond acceptors (Lipinski definition) is 2. The van der Waals surface area contributed by atoms with Gasteiger partial charge in [0.05, 0.1) is 5.84 Å². The molecule has 0 aliphatic rings. The molecule has 0 aliphatic heterocycles. The Morgan fingerprint density at radius 3 is 2.21 bits per heavy atom. The smallest absolute Gasteiger partial charge is 0.0934 e. The molecular formula is C21H35N3. The fraction of sp³-hybridized carbons (Fsp3) is 0.381. The molecule has 1 rings (SSSR count). The third kappa shape index (κ3) is 15.9. The minimum Gasteiger partial charge on any atom is -0.387 e.